The van der Waals surface area contributed by atoms with Gasteiger partial charge in [-0.05, 0) is 43.4 Å². The van der Waals surface area contributed by atoms with Crippen molar-refractivity contribution in [2.75, 3.05) is 30.3 Å². The van der Waals surface area contributed by atoms with Gasteiger partial charge in [-0.15, -0.1) is 0 Å². The van der Waals surface area contributed by atoms with Gasteiger partial charge in [-0.25, -0.2) is 24.1 Å². The van der Waals surface area contributed by atoms with Crippen molar-refractivity contribution in [3.63, 3.8) is 0 Å². The van der Waals surface area contributed by atoms with Crippen LogP contribution in [-0.2, 0) is 0 Å². The van der Waals surface area contributed by atoms with Crippen LogP contribution < -0.4 is 10.6 Å². The Bertz CT molecular complexity index is 1380. The number of amides is 2. The number of anilines is 2. The molecule has 0 spiro atoms. The van der Waals surface area contributed by atoms with E-state index in [0.29, 0.717) is 41.7 Å². The quantitative estimate of drug-likeness (QED) is 0.342. The van der Waals surface area contributed by atoms with Gasteiger partial charge in [0.25, 0.3) is 0 Å². The topological polar surface area (TPSA) is 98.8 Å². The Kier molecular flexibility index (Phi) is 6.50. The number of fused-ring (bicyclic) bond motifs is 1. The zero-order valence-corrected chi connectivity index (χ0v) is 19.9. The standard InChI is InChI=1S/C25H25ClFN7O/c1-15-5-2-3-7-21(15)32-25(35)34-8-4-6-16(14-34)10-28-24-20(27)13-31-23(33-24)19-12-30-22-18(19)9-17(26)11-29-22/h2-3,5,7,9,11-13,16H,4,6,8,10,14H2,1H3,(H,29,30)(H,32,35)(H,28,31,33)/t16-/m1/s1. The third kappa shape index (κ3) is 5.05. The molecule has 0 radical (unpaired) electrons. The average Bonchev–Trinajstić information content (AvgIpc) is 3.28. The van der Waals surface area contributed by atoms with Gasteiger partial charge in [-0.3, -0.25) is 0 Å². The monoisotopic (exact) mass is 493 g/mol. The number of rotatable bonds is 5. The fraction of sp³-hybridized carbons (Fsp3) is 0.280. The molecule has 3 N–H and O–H groups in total. The molecule has 4 aromatic rings. The molecule has 4 heterocycles. The second kappa shape index (κ2) is 9.87. The van der Waals surface area contributed by atoms with Crippen molar-refractivity contribution in [1.29, 1.82) is 0 Å². The Hall–Kier alpha value is -3.72. The molecule has 0 aliphatic carbocycles. The number of hydrogen-bond acceptors (Lipinski definition) is 5. The van der Waals surface area contributed by atoms with Gasteiger partial charge in [0.05, 0.1) is 11.2 Å². The predicted molar refractivity (Wildman–Crippen MR) is 135 cm³/mol. The number of halogens is 2. The highest BCUT2D eigenvalue weighted by molar-refractivity contribution is 6.31. The minimum atomic E-state index is -0.533. The largest absolute Gasteiger partial charge is 0.367 e. The predicted octanol–water partition coefficient (Wildman–Crippen LogP) is 5.48. The lowest BCUT2D eigenvalue weighted by molar-refractivity contribution is 0.180. The number of aromatic amines is 1. The van der Waals surface area contributed by atoms with Gasteiger partial charge in [0.1, 0.15) is 5.65 Å². The van der Waals surface area contributed by atoms with Crippen molar-refractivity contribution in [1.82, 2.24) is 24.8 Å². The van der Waals surface area contributed by atoms with Gasteiger partial charge < -0.3 is 20.5 Å². The normalized spacial score (nSPS) is 15.9. The first kappa shape index (κ1) is 23.0. The molecule has 0 unspecified atom stereocenters. The highest BCUT2D eigenvalue weighted by atomic mass is 35.5. The lowest BCUT2D eigenvalue weighted by atomic mass is 9.98. The number of urea groups is 1. The number of benzene rings is 1. The van der Waals surface area contributed by atoms with Crippen LogP contribution in [-0.4, -0.2) is 50.5 Å². The van der Waals surface area contributed by atoms with E-state index in [1.54, 1.807) is 18.5 Å². The van der Waals surface area contributed by atoms with Gasteiger partial charge in [0, 0.05) is 48.7 Å². The first-order valence-corrected chi connectivity index (χ1v) is 11.9. The van der Waals surface area contributed by atoms with Crippen molar-refractivity contribution in [3.05, 3.63) is 65.3 Å². The first-order chi connectivity index (χ1) is 17.0. The summed E-state index contributed by atoms with van der Waals surface area (Å²) in [5, 5.41) is 7.37. The molecule has 1 aliphatic rings. The van der Waals surface area contributed by atoms with E-state index in [2.05, 4.69) is 30.6 Å². The van der Waals surface area contributed by atoms with Crippen LogP contribution in [0.4, 0.5) is 20.7 Å². The van der Waals surface area contributed by atoms with E-state index >= 15 is 0 Å². The van der Waals surface area contributed by atoms with Crippen LogP contribution in [0.2, 0.25) is 5.02 Å². The summed E-state index contributed by atoms with van der Waals surface area (Å²) in [6, 6.07) is 9.35. The second-order valence-electron chi connectivity index (χ2n) is 8.72. The van der Waals surface area contributed by atoms with E-state index in [-0.39, 0.29) is 17.8 Å². The Morgan fingerprint density at radius 3 is 3.00 bits per heavy atom. The molecule has 1 aliphatic heterocycles. The lowest BCUT2D eigenvalue weighted by Crippen LogP contribution is -2.44. The number of aryl methyl sites for hydroxylation is 1. The van der Waals surface area contributed by atoms with E-state index in [4.69, 9.17) is 11.6 Å². The fourth-order valence-corrected chi connectivity index (χ4v) is 4.51. The number of carbonyl (C=O) groups excluding carboxylic acids is 1. The molecule has 0 saturated carbocycles. The van der Waals surface area contributed by atoms with Gasteiger partial charge >= 0.3 is 6.03 Å². The maximum atomic E-state index is 14.5. The number of pyridine rings is 1. The number of para-hydroxylation sites is 1. The number of aromatic nitrogens is 4. The second-order valence-corrected chi connectivity index (χ2v) is 9.16. The van der Waals surface area contributed by atoms with Crippen molar-refractivity contribution >= 4 is 40.2 Å². The molecular weight excluding hydrogens is 469 g/mol. The summed E-state index contributed by atoms with van der Waals surface area (Å²) in [5.74, 6) is 0.128. The Balaban J connectivity index is 1.26. The van der Waals surface area contributed by atoms with Crippen LogP contribution in [0.15, 0.2) is 48.9 Å². The zero-order valence-electron chi connectivity index (χ0n) is 19.2. The summed E-state index contributed by atoms with van der Waals surface area (Å²) in [4.78, 5) is 30.5. The summed E-state index contributed by atoms with van der Waals surface area (Å²) >= 11 is 6.09. The molecule has 180 valence electrons. The van der Waals surface area contributed by atoms with Crippen molar-refractivity contribution < 1.29 is 9.18 Å². The van der Waals surface area contributed by atoms with Crippen molar-refractivity contribution in [3.8, 4) is 11.4 Å². The van der Waals surface area contributed by atoms with Gasteiger partial charge in [0.2, 0.25) is 0 Å². The number of hydrogen-bond donors (Lipinski definition) is 3. The maximum Gasteiger partial charge on any atom is 0.321 e. The van der Waals surface area contributed by atoms with Gasteiger partial charge in [-0.2, -0.15) is 0 Å². The summed E-state index contributed by atoms with van der Waals surface area (Å²) in [7, 11) is 0. The molecule has 0 bridgehead atoms. The SMILES string of the molecule is Cc1ccccc1NC(=O)N1CCC[C@H](CNc2nc(-c3c[nH]c4ncc(Cl)cc34)ncc2F)C1. The van der Waals surface area contributed by atoms with E-state index in [9.17, 15) is 9.18 Å². The number of H-pyrrole nitrogens is 1. The molecule has 1 atom stereocenters. The first-order valence-electron chi connectivity index (χ1n) is 11.5. The van der Waals surface area contributed by atoms with Crippen LogP contribution in [0.1, 0.15) is 18.4 Å². The van der Waals surface area contributed by atoms with Crippen LogP contribution in [0.25, 0.3) is 22.4 Å². The molecule has 1 aromatic carbocycles. The number of nitrogens with one attached hydrogen (secondary N) is 3. The third-order valence-corrected chi connectivity index (χ3v) is 6.44. The Morgan fingerprint density at radius 1 is 1.29 bits per heavy atom. The zero-order chi connectivity index (χ0) is 24.4. The van der Waals surface area contributed by atoms with Crippen molar-refractivity contribution in [2.24, 2.45) is 5.92 Å². The lowest BCUT2D eigenvalue weighted by Gasteiger charge is -2.33. The smallest absolute Gasteiger partial charge is 0.321 e. The van der Waals surface area contributed by atoms with Gasteiger partial charge in [0.15, 0.2) is 17.5 Å². The molecule has 35 heavy (non-hydrogen) atoms. The fourth-order valence-electron chi connectivity index (χ4n) is 4.35. The van der Waals surface area contributed by atoms with Crippen LogP contribution in [0, 0.1) is 18.7 Å². The van der Waals surface area contributed by atoms with E-state index in [0.717, 1.165) is 35.7 Å². The number of piperidine rings is 1. The van der Waals surface area contributed by atoms with Crippen LogP contribution in [0.5, 0.6) is 0 Å². The van der Waals surface area contributed by atoms with Crippen LogP contribution >= 0.6 is 11.6 Å². The number of carbonyl (C=O) groups is 1. The summed E-state index contributed by atoms with van der Waals surface area (Å²) in [6.45, 7) is 3.72. The number of likely N-dealkylation sites (tertiary alicyclic amines) is 1. The molecule has 5 rings (SSSR count). The molecule has 2 amide bonds. The molecular formula is C25H25ClFN7O. The Morgan fingerprint density at radius 2 is 2.14 bits per heavy atom. The maximum absolute atomic E-state index is 14.5. The number of nitrogens with zero attached hydrogens (tertiary/aromatic N) is 4. The minimum absolute atomic E-state index is 0.119. The molecule has 1 fully saturated rings. The van der Waals surface area contributed by atoms with Crippen molar-refractivity contribution in [2.45, 2.75) is 19.8 Å². The molecule has 8 nitrogen and oxygen atoms in total. The summed E-state index contributed by atoms with van der Waals surface area (Å²) in [6.07, 6.45) is 6.26. The Labute approximate surface area is 206 Å². The molecule has 1 saturated heterocycles. The third-order valence-electron chi connectivity index (χ3n) is 6.23. The summed E-state index contributed by atoms with van der Waals surface area (Å²) < 4.78 is 14.5. The highest BCUT2D eigenvalue weighted by Crippen LogP contribution is 2.28. The highest BCUT2D eigenvalue weighted by Gasteiger charge is 2.24. The summed E-state index contributed by atoms with van der Waals surface area (Å²) in [5.41, 5.74) is 3.16. The average molecular weight is 494 g/mol. The van der Waals surface area contributed by atoms with E-state index in [1.807, 2.05) is 36.1 Å². The van der Waals surface area contributed by atoms with E-state index < -0.39 is 5.82 Å². The molecule has 3 aromatic heterocycles. The minimum Gasteiger partial charge on any atom is -0.367 e. The molecule has 10 heteroatoms. The van der Waals surface area contributed by atoms with Crippen LogP contribution in [0.3, 0.4) is 0 Å². The van der Waals surface area contributed by atoms with Gasteiger partial charge in [-0.1, -0.05) is 29.8 Å². The van der Waals surface area contributed by atoms with E-state index in [1.165, 1.54) is 0 Å².